The van der Waals surface area contributed by atoms with E-state index in [2.05, 4.69) is 27.6 Å². The summed E-state index contributed by atoms with van der Waals surface area (Å²) in [6, 6.07) is 10.2. The molecule has 7 nitrogen and oxygen atoms in total. The van der Waals surface area contributed by atoms with E-state index in [0.717, 1.165) is 16.5 Å². The number of likely N-dealkylation sites (tertiary alicyclic amines) is 1. The quantitative estimate of drug-likeness (QED) is 0.672. The van der Waals surface area contributed by atoms with Crippen molar-refractivity contribution in [3.05, 3.63) is 40.9 Å². The summed E-state index contributed by atoms with van der Waals surface area (Å²) in [4.78, 5) is 26.4. The lowest BCUT2D eigenvalue weighted by Crippen LogP contribution is -2.38. The zero-order valence-corrected chi connectivity index (χ0v) is 17.6. The Labute approximate surface area is 172 Å². The van der Waals surface area contributed by atoms with Crippen LogP contribution in [0.15, 0.2) is 30.3 Å². The average Bonchev–Trinajstić information content (AvgIpc) is 3.29. The molecule has 0 radical (unpaired) electrons. The highest BCUT2D eigenvalue weighted by Crippen LogP contribution is 2.25. The molecular formula is C19H24N4O3S2. The fourth-order valence-electron chi connectivity index (χ4n) is 3.06. The molecule has 1 saturated heterocycles. The van der Waals surface area contributed by atoms with E-state index in [1.54, 1.807) is 23.8 Å². The van der Waals surface area contributed by atoms with Gasteiger partial charge in [-0.1, -0.05) is 41.7 Å². The van der Waals surface area contributed by atoms with Gasteiger partial charge in [-0.15, -0.1) is 22.0 Å². The van der Waals surface area contributed by atoms with Gasteiger partial charge in [0.05, 0.1) is 18.6 Å². The van der Waals surface area contributed by atoms with Gasteiger partial charge in [-0.05, 0) is 12.5 Å². The van der Waals surface area contributed by atoms with E-state index in [4.69, 9.17) is 4.74 Å². The highest BCUT2D eigenvalue weighted by Gasteiger charge is 2.36. The first-order chi connectivity index (χ1) is 13.6. The average molecular weight is 421 g/mol. The number of amides is 2. The zero-order chi connectivity index (χ0) is 19.9. The summed E-state index contributed by atoms with van der Waals surface area (Å²) < 4.78 is 5.11. The van der Waals surface area contributed by atoms with E-state index >= 15 is 0 Å². The van der Waals surface area contributed by atoms with Crippen molar-refractivity contribution >= 4 is 40.0 Å². The Morgan fingerprint density at radius 1 is 1.36 bits per heavy atom. The molecule has 0 aliphatic carbocycles. The number of rotatable bonds is 9. The highest BCUT2D eigenvalue weighted by atomic mass is 32.2. The van der Waals surface area contributed by atoms with Crippen LogP contribution in [0.3, 0.4) is 0 Å². The number of aromatic nitrogens is 2. The number of hydrogen-bond donors (Lipinski definition) is 1. The smallest absolute Gasteiger partial charge is 0.231 e. The lowest BCUT2D eigenvalue weighted by molar-refractivity contribution is -0.130. The second-order valence-electron chi connectivity index (χ2n) is 6.72. The molecule has 1 aliphatic rings. The Kier molecular flexibility index (Phi) is 7.41. The summed E-state index contributed by atoms with van der Waals surface area (Å²) in [5, 5.41) is 12.4. The molecule has 0 bridgehead atoms. The Balaban J connectivity index is 1.47. The van der Waals surface area contributed by atoms with Crippen LogP contribution < -0.4 is 5.32 Å². The fraction of sp³-hybridized carbons (Fsp3) is 0.474. The molecule has 9 heteroatoms. The van der Waals surface area contributed by atoms with Crippen molar-refractivity contribution in [1.29, 1.82) is 0 Å². The number of nitrogens with zero attached hydrogens (tertiary/aromatic N) is 3. The first kappa shape index (κ1) is 20.8. The van der Waals surface area contributed by atoms with E-state index < -0.39 is 0 Å². The van der Waals surface area contributed by atoms with Crippen LogP contribution in [0.4, 0.5) is 5.13 Å². The maximum Gasteiger partial charge on any atom is 0.231 e. The summed E-state index contributed by atoms with van der Waals surface area (Å²) >= 11 is 3.14. The highest BCUT2D eigenvalue weighted by molar-refractivity contribution is 7.97. The molecule has 28 heavy (non-hydrogen) atoms. The molecule has 2 unspecified atom stereocenters. The van der Waals surface area contributed by atoms with Gasteiger partial charge in [-0.2, -0.15) is 0 Å². The number of carbonyl (C=O) groups excluding carboxylic acids is 2. The Morgan fingerprint density at radius 3 is 2.89 bits per heavy atom. The third kappa shape index (κ3) is 5.52. The van der Waals surface area contributed by atoms with Crippen molar-refractivity contribution in [3.8, 4) is 0 Å². The van der Waals surface area contributed by atoms with Crippen molar-refractivity contribution in [2.45, 2.75) is 30.9 Å². The normalized spacial score (nSPS) is 17.7. The van der Waals surface area contributed by atoms with Gasteiger partial charge in [-0.3, -0.25) is 9.59 Å². The molecule has 1 N–H and O–H groups in total. The molecule has 1 aliphatic heterocycles. The van der Waals surface area contributed by atoms with Gasteiger partial charge >= 0.3 is 0 Å². The van der Waals surface area contributed by atoms with Crippen LogP contribution in [0.1, 0.15) is 23.9 Å². The predicted octanol–water partition coefficient (Wildman–Crippen LogP) is 2.79. The number of methoxy groups -OCH3 is 1. The molecule has 3 rings (SSSR count). The lowest BCUT2D eigenvalue weighted by Gasteiger charge is -2.23. The van der Waals surface area contributed by atoms with Crippen LogP contribution in [-0.4, -0.2) is 53.2 Å². The minimum Gasteiger partial charge on any atom is -0.383 e. The second-order valence-corrected chi connectivity index (χ2v) is 8.77. The third-order valence-electron chi connectivity index (χ3n) is 4.50. The number of ether oxygens (including phenoxy) is 1. The molecule has 0 spiro atoms. The molecule has 2 atom stereocenters. The van der Waals surface area contributed by atoms with Crippen molar-refractivity contribution in [1.82, 2.24) is 15.1 Å². The Hall–Kier alpha value is -1.97. The Bertz CT molecular complexity index is 799. The van der Waals surface area contributed by atoms with Crippen LogP contribution >= 0.6 is 23.1 Å². The number of nitrogens with one attached hydrogen (secondary N) is 1. The van der Waals surface area contributed by atoms with Crippen molar-refractivity contribution in [3.63, 3.8) is 0 Å². The number of carbonyl (C=O) groups is 2. The summed E-state index contributed by atoms with van der Waals surface area (Å²) in [6.45, 7) is 2.79. The van der Waals surface area contributed by atoms with Crippen LogP contribution in [-0.2, 0) is 25.8 Å². The number of benzene rings is 1. The number of anilines is 1. The predicted molar refractivity (Wildman–Crippen MR) is 111 cm³/mol. The summed E-state index contributed by atoms with van der Waals surface area (Å²) in [5.41, 5.74) is 1.27. The maximum absolute atomic E-state index is 12.5. The van der Waals surface area contributed by atoms with Crippen LogP contribution in [0.2, 0.25) is 0 Å². The topological polar surface area (TPSA) is 84.4 Å². The van der Waals surface area contributed by atoms with E-state index in [1.807, 2.05) is 25.1 Å². The number of thioether (sulfide) groups is 1. The van der Waals surface area contributed by atoms with E-state index in [-0.39, 0.29) is 30.2 Å². The van der Waals surface area contributed by atoms with E-state index in [9.17, 15) is 9.59 Å². The minimum atomic E-state index is -0.369. The van der Waals surface area contributed by atoms with Gasteiger partial charge in [0, 0.05) is 31.6 Å². The van der Waals surface area contributed by atoms with E-state index in [1.165, 1.54) is 16.9 Å². The minimum absolute atomic E-state index is 0.0139. The first-order valence-corrected chi connectivity index (χ1v) is 11.1. The lowest BCUT2D eigenvalue weighted by atomic mass is 10.1. The third-order valence-corrected chi connectivity index (χ3v) is 6.54. The molecule has 1 fully saturated rings. The van der Waals surface area contributed by atoms with Gasteiger partial charge in [0.15, 0.2) is 0 Å². The molecular weight excluding hydrogens is 396 g/mol. The molecule has 2 heterocycles. The molecule has 0 saturated carbocycles. The Morgan fingerprint density at radius 2 is 2.14 bits per heavy atom. The van der Waals surface area contributed by atoms with Gasteiger partial charge in [-0.25, -0.2) is 0 Å². The van der Waals surface area contributed by atoms with Crippen LogP contribution in [0.25, 0.3) is 0 Å². The standard InChI is InChI=1S/C19H24N4O3S2/c1-13(10-26-2)23-9-15(8-17(23)24)18(25)20-19-22-21-16(28-19)12-27-11-14-6-4-3-5-7-14/h3-7,13,15H,8-12H2,1-2H3,(H,20,22,25). The SMILES string of the molecule is COCC(C)N1CC(C(=O)Nc2nnc(CSCc3ccccc3)s2)CC1=O. The van der Waals surface area contributed by atoms with E-state index in [0.29, 0.717) is 18.3 Å². The van der Waals surface area contributed by atoms with Gasteiger partial charge in [0.2, 0.25) is 16.9 Å². The molecule has 2 aromatic rings. The molecule has 2 amide bonds. The van der Waals surface area contributed by atoms with Gasteiger partial charge < -0.3 is 15.0 Å². The largest absolute Gasteiger partial charge is 0.383 e. The maximum atomic E-state index is 12.5. The summed E-state index contributed by atoms with van der Waals surface area (Å²) in [7, 11) is 1.60. The van der Waals surface area contributed by atoms with Crippen LogP contribution in [0, 0.1) is 5.92 Å². The zero-order valence-electron chi connectivity index (χ0n) is 16.0. The van der Waals surface area contributed by atoms with Gasteiger partial charge in [0.1, 0.15) is 5.01 Å². The second kappa shape index (κ2) is 9.99. The van der Waals surface area contributed by atoms with Gasteiger partial charge in [0.25, 0.3) is 0 Å². The molecule has 150 valence electrons. The first-order valence-electron chi connectivity index (χ1n) is 9.10. The van der Waals surface area contributed by atoms with Crippen molar-refractivity contribution in [2.24, 2.45) is 5.92 Å². The monoisotopic (exact) mass is 420 g/mol. The molecule has 1 aromatic heterocycles. The molecule has 1 aromatic carbocycles. The van der Waals surface area contributed by atoms with Crippen LogP contribution in [0.5, 0.6) is 0 Å². The van der Waals surface area contributed by atoms with Crippen molar-refractivity contribution < 1.29 is 14.3 Å². The summed E-state index contributed by atoms with van der Waals surface area (Å²) in [6.07, 6.45) is 0.221. The fourth-order valence-corrected chi connectivity index (χ4v) is 4.85. The number of hydrogen-bond acceptors (Lipinski definition) is 7. The summed E-state index contributed by atoms with van der Waals surface area (Å²) in [5.74, 6) is 1.08. The van der Waals surface area contributed by atoms with Crippen molar-refractivity contribution in [2.75, 3.05) is 25.6 Å².